The second kappa shape index (κ2) is 13.1. The Hall–Kier alpha value is 0.140. The Kier molecular flexibility index (Phi) is 11.9. The molecule has 0 spiro atoms. The van der Waals surface area contributed by atoms with E-state index in [1.807, 2.05) is 0 Å². The predicted octanol–water partition coefficient (Wildman–Crippen LogP) is 5.21. The van der Waals surface area contributed by atoms with Crippen molar-refractivity contribution in [2.75, 3.05) is 18.5 Å². The molecule has 0 aliphatic carbocycles. The second-order valence-electron chi connectivity index (χ2n) is 5.17. The molecular formula is C16H29BrO2. The van der Waals surface area contributed by atoms with E-state index in [0.29, 0.717) is 0 Å². The summed E-state index contributed by atoms with van der Waals surface area (Å²) in [4.78, 5) is 0. The number of hydrogen-bond acceptors (Lipinski definition) is 2. The van der Waals surface area contributed by atoms with E-state index in [2.05, 4.69) is 28.1 Å². The summed E-state index contributed by atoms with van der Waals surface area (Å²) in [5.74, 6) is 0. The van der Waals surface area contributed by atoms with Gasteiger partial charge < -0.3 is 9.47 Å². The van der Waals surface area contributed by atoms with Crippen molar-refractivity contribution in [2.24, 2.45) is 0 Å². The lowest BCUT2D eigenvalue weighted by Crippen LogP contribution is -2.22. The molecule has 0 aromatic carbocycles. The molecule has 0 saturated carbocycles. The first kappa shape index (κ1) is 17.2. The van der Waals surface area contributed by atoms with Gasteiger partial charge in [0.05, 0.1) is 6.61 Å². The van der Waals surface area contributed by atoms with Crippen LogP contribution >= 0.6 is 15.9 Å². The van der Waals surface area contributed by atoms with Crippen molar-refractivity contribution in [3.63, 3.8) is 0 Å². The lowest BCUT2D eigenvalue weighted by Gasteiger charge is -2.22. The SMILES string of the molecule is BrCCCCCC/C=C\CCCOC1CCCCO1. The zero-order valence-corrected chi connectivity index (χ0v) is 13.7. The van der Waals surface area contributed by atoms with Gasteiger partial charge in [0.15, 0.2) is 6.29 Å². The van der Waals surface area contributed by atoms with Crippen molar-refractivity contribution >= 4 is 15.9 Å². The zero-order chi connectivity index (χ0) is 13.6. The van der Waals surface area contributed by atoms with Crippen molar-refractivity contribution in [1.82, 2.24) is 0 Å². The molecule has 1 unspecified atom stereocenters. The summed E-state index contributed by atoms with van der Waals surface area (Å²) in [6, 6.07) is 0. The maximum absolute atomic E-state index is 5.69. The molecule has 112 valence electrons. The number of rotatable bonds is 11. The maximum Gasteiger partial charge on any atom is 0.157 e. The monoisotopic (exact) mass is 332 g/mol. The zero-order valence-electron chi connectivity index (χ0n) is 12.1. The molecule has 0 bridgehead atoms. The van der Waals surface area contributed by atoms with E-state index in [9.17, 15) is 0 Å². The average molecular weight is 333 g/mol. The first-order valence-electron chi connectivity index (χ1n) is 7.87. The third-order valence-corrected chi connectivity index (χ3v) is 3.94. The molecule has 1 heterocycles. The molecule has 0 radical (unpaired) electrons. The van der Waals surface area contributed by atoms with Crippen LogP contribution in [0, 0.1) is 0 Å². The van der Waals surface area contributed by atoms with Crippen LogP contribution in [0.1, 0.15) is 64.2 Å². The van der Waals surface area contributed by atoms with E-state index < -0.39 is 0 Å². The Labute approximate surface area is 127 Å². The van der Waals surface area contributed by atoms with Crippen LogP contribution in [0.25, 0.3) is 0 Å². The third-order valence-electron chi connectivity index (χ3n) is 3.38. The topological polar surface area (TPSA) is 18.5 Å². The van der Waals surface area contributed by atoms with Crippen molar-refractivity contribution in [1.29, 1.82) is 0 Å². The fourth-order valence-corrected chi connectivity index (χ4v) is 2.60. The van der Waals surface area contributed by atoms with E-state index in [4.69, 9.17) is 9.47 Å². The summed E-state index contributed by atoms with van der Waals surface area (Å²) >= 11 is 3.46. The molecule has 19 heavy (non-hydrogen) atoms. The van der Waals surface area contributed by atoms with Gasteiger partial charge in [-0.2, -0.15) is 0 Å². The summed E-state index contributed by atoms with van der Waals surface area (Å²) in [5, 5.41) is 1.15. The Morgan fingerprint density at radius 1 is 1.00 bits per heavy atom. The molecule has 1 atom stereocenters. The molecule has 1 rings (SSSR count). The maximum atomic E-state index is 5.69. The summed E-state index contributed by atoms with van der Waals surface area (Å²) < 4.78 is 11.2. The van der Waals surface area contributed by atoms with Gasteiger partial charge in [0.25, 0.3) is 0 Å². The van der Waals surface area contributed by atoms with Gasteiger partial charge in [-0.1, -0.05) is 40.9 Å². The van der Waals surface area contributed by atoms with Gasteiger partial charge in [0.1, 0.15) is 0 Å². The molecule has 0 aromatic rings. The van der Waals surface area contributed by atoms with Crippen molar-refractivity contribution in [3.8, 4) is 0 Å². The Morgan fingerprint density at radius 2 is 1.79 bits per heavy atom. The number of ether oxygens (including phenoxy) is 2. The van der Waals surface area contributed by atoms with E-state index in [0.717, 1.165) is 37.8 Å². The summed E-state index contributed by atoms with van der Waals surface area (Å²) in [6.45, 7) is 1.71. The van der Waals surface area contributed by atoms with E-state index >= 15 is 0 Å². The molecule has 1 saturated heterocycles. The molecule has 1 aliphatic rings. The summed E-state index contributed by atoms with van der Waals surface area (Å²) in [6.07, 6.45) is 17.0. The number of halogens is 1. The van der Waals surface area contributed by atoms with Crippen LogP contribution in [-0.4, -0.2) is 24.8 Å². The predicted molar refractivity (Wildman–Crippen MR) is 84.8 cm³/mol. The van der Waals surface area contributed by atoms with Gasteiger partial charge in [0.2, 0.25) is 0 Å². The first-order chi connectivity index (χ1) is 9.43. The van der Waals surface area contributed by atoms with E-state index in [1.54, 1.807) is 0 Å². The minimum atomic E-state index is 0.0761. The molecule has 0 aromatic heterocycles. The van der Waals surface area contributed by atoms with Crippen LogP contribution in [0.15, 0.2) is 12.2 Å². The molecule has 1 fully saturated rings. The lowest BCUT2D eigenvalue weighted by atomic mass is 10.1. The van der Waals surface area contributed by atoms with Crippen LogP contribution < -0.4 is 0 Å². The Balaban J connectivity index is 1.79. The molecule has 3 heteroatoms. The van der Waals surface area contributed by atoms with Crippen LogP contribution in [0.3, 0.4) is 0 Å². The molecule has 0 amide bonds. The van der Waals surface area contributed by atoms with Gasteiger partial charge in [-0.3, -0.25) is 0 Å². The van der Waals surface area contributed by atoms with Gasteiger partial charge in [-0.25, -0.2) is 0 Å². The highest BCUT2D eigenvalue weighted by Crippen LogP contribution is 2.14. The van der Waals surface area contributed by atoms with Crippen LogP contribution in [0.5, 0.6) is 0 Å². The smallest absolute Gasteiger partial charge is 0.157 e. The Bertz CT molecular complexity index is 213. The fourth-order valence-electron chi connectivity index (χ4n) is 2.20. The highest BCUT2D eigenvalue weighted by molar-refractivity contribution is 9.09. The van der Waals surface area contributed by atoms with Crippen molar-refractivity contribution in [3.05, 3.63) is 12.2 Å². The molecular weight excluding hydrogens is 304 g/mol. The second-order valence-corrected chi connectivity index (χ2v) is 5.97. The van der Waals surface area contributed by atoms with Gasteiger partial charge in [-0.15, -0.1) is 0 Å². The van der Waals surface area contributed by atoms with Gasteiger partial charge in [-0.05, 0) is 51.4 Å². The molecule has 0 N–H and O–H groups in total. The minimum Gasteiger partial charge on any atom is -0.353 e. The standard InChI is InChI=1S/C16H29BrO2/c17-13-9-6-4-2-1-3-5-7-10-14-18-16-12-8-11-15-19-16/h3,5,16H,1-2,4,6-15H2/b5-3-. The first-order valence-corrected chi connectivity index (χ1v) is 9.00. The third kappa shape index (κ3) is 10.6. The van der Waals surface area contributed by atoms with Gasteiger partial charge >= 0.3 is 0 Å². The van der Waals surface area contributed by atoms with Gasteiger partial charge in [0, 0.05) is 11.9 Å². The summed E-state index contributed by atoms with van der Waals surface area (Å²) in [7, 11) is 0. The fraction of sp³-hybridized carbons (Fsp3) is 0.875. The van der Waals surface area contributed by atoms with E-state index in [-0.39, 0.29) is 6.29 Å². The molecule has 1 aliphatic heterocycles. The largest absolute Gasteiger partial charge is 0.353 e. The van der Waals surface area contributed by atoms with Crippen LogP contribution in [0.2, 0.25) is 0 Å². The lowest BCUT2D eigenvalue weighted by molar-refractivity contribution is -0.162. The van der Waals surface area contributed by atoms with Crippen LogP contribution in [0.4, 0.5) is 0 Å². The quantitative estimate of drug-likeness (QED) is 0.293. The summed E-state index contributed by atoms with van der Waals surface area (Å²) in [5.41, 5.74) is 0. The Morgan fingerprint density at radius 3 is 2.53 bits per heavy atom. The number of alkyl halides is 1. The van der Waals surface area contributed by atoms with E-state index in [1.165, 1.54) is 44.9 Å². The highest BCUT2D eigenvalue weighted by atomic mass is 79.9. The number of allylic oxidation sites excluding steroid dienone is 2. The van der Waals surface area contributed by atoms with Crippen LogP contribution in [-0.2, 0) is 9.47 Å². The number of hydrogen-bond donors (Lipinski definition) is 0. The highest BCUT2D eigenvalue weighted by Gasteiger charge is 2.12. The number of unbranched alkanes of at least 4 members (excludes halogenated alkanes) is 5. The van der Waals surface area contributed by atoms with Crippen molar-refractivity contribution < 1.29 is 9.47 Å². The normalized spacial score (nSPS) is 20.2. The average Bonchev–Trinajstić information content (AvgIpc) is 2.46. The molecule has 2 nitrogen and oxygen atoms in total. The van der Waals surface area contributed by atoms with Crippen molar-refractivity contribution in [2.45, 2.75) is 70.5 Å². The minimum absolute atomic E-state index is 0.0761.